The first kappa shape index (κ1) is 20.4. The first-order valence-electron chi connectivity index (χ1n) is 8.20. The van der Waals surface area contributed by atoms with Crippen molar-refractivity contribution >= 4 is 63.2 Å². The Balaban J connectivity index is 1.87. The molecule has 148 valence electrons. The number of carbonyl (C=O) groups excluding carboxylic acids is 3. The van der Waals surface area contributed by atoms with Crippen molar-refractivity contribution < 1.29 is 23.9 Å². The maximum absolute atomic E-state index is 12.4. The summed E-state index contributed by atoms with van der Waals surface area (Å²) in [6.07, 6.45) is 1.16. The highest BCUT2D eigenvalue weighted by Gasteiger charge is 2.38. The van der Waals surface area contributed by atoms with Crippen molar-refractivity contribution in [2.24, 2.45) is 0 Å². The quantitative estimate of drug-likeness (QED) is 0.669. The number of hydrogen-bond donors (Lipinski definition) is 2. The number of benzene rings is 1. The van der Waals surface area contributed by atoms with Crippen LogP contribution in [0.15, 0.2) is 18.2 Å². The summed E-state index contributed by atoms with van der Waals surface area (Å²) in [5.74, 6) is -1.61. The van der Waals surface area contributed by atoms with Gasteiger partial charge in [-0.25, -0.2) is 9.59 Å². The summed E-state index contributed by atoms with van der Waals surface area (Å²) in [5.41, 5.74) is 1.18. The van der Waals surface area contributed by atoms with Gasteiger partial charge < -0.3 is 14.8 Å². The van der Waals surface area contributed by atoms with Crippen LogP contribution in [0.3, 0.4) is 0 Å². The van der Waals surface area contributed by atoms with E-state index >= 15 is 0 Å². The number of fused-ring (bicyclic) bond motifs is 1. The molecule has 1 aromatic carbocycles. The Morgan fingerprint density at radius 2 is 1.86 bits per heavy atom. The van der Waals surface area contributed by atoms with Crippen LogP contribution in [-0.4, -0.2) is 32.2 Å². The number of amides is 2. The lowest BCUT2D eigenvalue weighted by molar-refractivity contribution is -0.142. The Hall–Kier alpha value is -2.29. The third-order valence-corrected chi connectivity index (χ3v) is 6.23. The Kier molecular flexibility index (Phi) is 6.12. The molecule has 1 aromatic heterocycles. The van der Waals surface area contributed by atoms with E-state index in [0.29, 0.717) is 39.1 Å². The molecule has 1 aliphatic carbocycles. The molecule has 2 amide bonds. The average Bonchev–Trinajstić information content (AvgIpc) is 3.22. The summed E-state index contributed by atoms with van der Waals surface area (Å²) < 4.78 is 9.70. The van der Waals surface area contributed by atoms with E-state index in [0.717, 1.165) is 4.88 Å². The molecule has 0 bridgehead atoms. The molecule has 0 saturated heterocycles. The molecule has 0 saturated carbocycles. The van der Waals surface area contributed by atoms with E-state index in [1.807, 2.05) is 0 Å². The maximum Gasteiger partial charge on any atom is 0.341 e. The molecule has 0 unspecified atom stereocenters. The van der Waals surface area contributed by atoms with E-state index in [9.17, 15) is 14.4 Å². The SMILES string of the molecule is COC(=O)c1c(NC(=O)Nc2ccc(Cl)c(Cl)c2)sc2c1[C@@H](C(=O)OC)CC2. The molecular formula is C18H16Cl2N2O5S. The highest BCUT2D eigenvalue weighted by molar-refractivity contribution is 7.17. The molecule has 28 heavy (non-hydrogen) atoms. The first-order chi connectivity index (χ1) is 13.3. The first-order valence-corrected chi connectivity index (χ1v) is 9.77. The van der Waals surface area contributed by atoms with Gasteiger partial charge in [0, 0.05) is 10.6 Å². The van der Waals surface area contributed by atoms with Crippen molar-refractivity contribution in [1.29, 1.82) is 0 Å². The lowest BCUT2D eigenvalue weighted by Crippen LogP contribution is -2.21. The zero-order chi connectivity index (χ0) is 20.4. The van der Waals surface area contributed by atoms with Crippen molar-refractivity contribution in [1.82, 2.24) is 0 Å². The molecule has 10 heteroatoms. The lowest BCUT2D eigenvalue weighted by atomic mass is 9.99. The number of thiophene rings is 1. The Labute approximate surface area is 174 Å². The third kappa shape index (κ3) is 3.94. The van der Waals surface area contributed by atoms with Crippen LogP contribution in [-0.2, 0) is 20.7 Å². The molecule has 7 nitrogen and oxygen atoms in total. The predicted octanol–water partition coefficient (Wildman–Crippen LogP) is 4.69. The molecule has 1 atom stereocenters. The van der Waals surface area contributed by atoms with Crippen LogP contribution < -0.4 is 10.6 Å². The third-order valence-electron chi connectivity index (χ3n) is 4.31. The van der Waals surface area contributed by atoms with Crippen LogP contribution in [0.4, 0.5) is 15.5 Å². The van der Waals surface area contributed by atoms with Crippen LogP contribution in [0.25, 0.3) is 0 Å². The second kappa shape index (κ2) is 8.38. The zero-order valence-corrected chi connectivity index (χ0v) is 17.3. The van der Waals surface area contributed by atoms with E-state index in [-0.39, 0.29) is 5.56 Å². The van der Waals surface area contributed by atoms with Crippen molar-refractivity contribution in [3.8, 4) is 0 Å². The van der Waals surface area contributed by atoms with E-state index in [2.05, 4.69) is 10.6 Å². The Bertz CT molecular complexity index is 960. The summed E-state index contributed by atoms with van der Waals surface area (Å²) in [5, 5.41) is 6.25. The highest BCUT2D eigenvalue weighted by atomic mass is 35.5. The fraction of sp³-hybridized carbons (Fsp3) is 0.278. The molecule has 2 aromatic rings. The number of halogens is 2. The maximum atomic E-state index is 12.4. The van der Waals surface area contributed by atoms with Crippen molar-refractivity contribution in [2.45, 2.75) is 18.8 Å². The topological polar surface area (TPSA) is 93.7 Å². The van der Waals surface area contributed by atoms with Crippen LogP contribution in [0.1, 0.15) is 33.1 Å². The Morgan fingerprint density at radius 3 is 2.50 bits per heavy atom. The van der Waals surface area contributed by atoms with Gasteiger partial charge in [-0.2, -0.15) is 0 Å². The summed E-state index contributed by atoms with van der Waals surface area (Å²) in [7, 11) is 2.54. The number of aryl methyl sites for hydroxylation is 1. The van der Waals surface area contributed by atoms with Gasteiger partial charge in [-0.3, -0.25) is 10.1 Å². The number of carbonyl (C=O) groups is 3. The smallest absolute Gasteiger partial charge is 0.341 e. The minimum atomic E-state index is -0.627. The Morgan fingerprint density at radius 1 is 1.11 bits per heavy atom. The largest absolute Gasteiger partial charge is 0.469 e. The zero-order valence-electron chi connectivity index (χ0n) is 14.9. The van der Waals surface area contributed by atoms with Gasteiger partial charge in [-0.05, 0) is 36.6 Å². The lowest BCUT2D eigenvalue weighted by Gasteiger charge is -2.12. The predicted molar refractivity (Wildman–Crippen MR) is 108 cm³/mol. The number of rotatable bonds is 4. The normalized spacial score (nSPS) is 14.9. The second-order valence-electron chi connectivity index (χ2n) is 5.96. The van der Waals surface area contributed by atoms with Crippen molar-refractivity contribution in [3.63, 3.8) is 0 Å². The molecule has 0 aliphatic heterocycles. The molecule has 3 rings (SSSR count). The van der Waals surface area contributed by atoms with Gasteiger partial charge in [-0.1, -0.05) is 23.2 Å². The molecule has 0 fully saturated rings. The number of urea groups is 1. The van der Waals surface area contributed by atoms with Crippen LogP contribution >= 0.6 is 34.5 Å². The standard InChI is InChI=1S/C18H16Cl2N2O5S/c1-26-16(23)9-4-6-12-13(9)14(17(24)27-2)15(28-12)22-18(25)21-8-3-5-10(19)11(20)7-8/h3,5,7,9H,4,6H2,1-2H3,(H2,21,22,25)/t9-/m0/s1. The van der Waals surface area contributed by atoms with Gasteiger partial charge in [0.15, 0.2) is 0 Å². The fourth-order valence-electron chi connectivity index (χ4n) is 3.08. The summed E-state index contributed by atoms with van der Waals surface area (Å²) in [6, 6.07) is 4.08. The van der Waals surface area contributed by atoms with E-state index < -0.39 is 23.9 Å². The highest BCUT2D eigenvalue weighted by Crippen LogP contribution is 2.45. The van der Waals surface area contributed by atoms with Crippen LogP contribution in [0.2, 0.25) is 10.0 Å². The molecule has 2 N–H and O–H groups in total. The van der Waals surface area contributed by atoms with Crippen molar-refractivity contribution in [3.05, 3.63) is 44.2 Å². The number of anilines is 2. The summed E-state index contributed by atoms with van der Waals surface area (Å²) >= 11 is 13.1. The van der Waals surface area contributed by atoms with E-state index in [4.69, 9.17) is 32.7 Å². The summed E-state index contributed by atoms with van der Waals surface area (Å²) in [6.45, 7) is 0. The molecular weight excluding hydrogens is 427 g/mol. The van der Waals surface area contributed by atoms with Gasteiger partial charge in [0.2, 0.25) is 0 Å². The minimum absolute atomic E-state index is 0.180. The van der Waals surface area contributed by atoms with Gasteiger partial charge in [0.1, 0.15) is 5.00 Å². The molecule has 1 heterocycles. The molecule has 1 aliphatic rings. The van der Waals surface area contributed by atoms with Gasteiger partial charge in [0.05, 0.1) is 35.7 Å². The fourth-order valence-corrected chi connectivity index (χ4v) is 4.63. The van der Waals surface area contributed by atoms with Gasteiger partial charge in [0.25, 0.3) is 0 Å². The molecule has 0 radical (unpaired) electrons. The second-order valence-corrected chi connectivity index (χ2v) is 7.88. The monoisotopic (exact) mass is 442 g/mol. The average molecular weight is 443 g/mol. The number of ether oxygens (including phenoxy) is 2. The minimum Gasteiger partial charge on any atom is -0.469 e. The number of esters is 2. The van der Waals surface area contributed by atoms with Crippen molar-refractivity contribution in [2.75, 3.05) is 24.9 Å². The number of hydrogen-bond acceptors (Lipinski definition) is 6. The van der Waals surface area contributed by atoms with Gasteiger partial charge >= 0.3 is 18.0 Å². The molecule has 0 spiro atoms. The van der Waals surface area contributed by atoms with E-state index in [1.165, 1.54) is 31.6 Å². The number of nitrogens with one attached hydrogen (secondary N) is 2. The van der Waals surface area contributed by atoms with Crippen LogP contribution in [0.5, 0.6) is 0 Å². The van der Waals surface area contributed by atoms with Crippen LogP contribution in [0, 0.1) is 0 Å². The summed E-state index contributed by atoms with van der Waals surface area (Å²) in [4.78, 5) is 37.7. The van der Waals surface area contributed by atoms with Gasteiger partial charge in [-0.15, -0.1) is 11.3 Å². The number of methoxy groups -OCH3 is 2. The van der Waals surface area contributed by atoms with E-state index in [1.54, 1.807) is 12.1 Å².